The standard InChI is InChI=1S/C26H26ClF3N2O5S/c1-16-5-9-20(10-6-16)38(34,35)32(19-8-11-22(27)21(14-19)26(28,29)30)15-25(33)31-17(2)18-7-12-23(36-3)24(13-18)37-4/h5-14,17H,15H2,1-4H3,(H,31,33). The van der Waals surface area contributed by atoms with Crippen LogP contribution in [0.3, 0.4) is 0 Å². The Bertz CT molecular complexity index is 1410. The highest BCUT2D eigenvalue weighted by molar-refractivity contribution is 7.92. The number of rotatable bonds is 9. The highest BCUT2D eigenvalue weighted by Gasteiger charge is 2.35. The van der Waals surface area contributed by atoms with Crippen molar-refractivity contribution in [2.24, 2.45) is 0 Å². The van der Waals surface area contributed by atoms with Gasteiger partial charge in [-0.2, -0.15) is 13.2 Å². The number of methoxy groups -OCH3 is 2. The highest BCUT2D eigenvalue weighted by Crippen LogP contribution is 2.38. The van der Waals surface area contributed by atoms with Crippen molar-refractivity contribution in [3.05, 3.63) is 82.4 Å². The monoisotopic (exact) mass is 570 g/mol. The number of benzene rings is 3. The van der Waals surface area contributed by atoms with Gasteiger partial charge in [0.25, 0.3) is 10.0 Å². The molecular formula is C26H26ClF3N2O5S. The van der Waals surface area contributed by atoms with E-state index in [0.717, 1.165) is 17.7 Å². The third-order valence-electron chi connectivity index (χ3n) is 5.72. The van der Waals surface area contributed by atoms with Crippen LogP contribution in [0.5, 0.6) is 11.5 Å². The Hall–Kier alpha value is -3.44. The number of hydrogen-bond acceptors (Lipinski definition) is 5. The molecule has 7 nitrogen and oxygen atoms in total. The van der Waals surface area contributed by atoms with Gasteiger partial charge in [0.2, 0.25) is 5.91 Å². The van der Waals surface area contributed by atoms with E-state index in [1.807, 2.05) is 0 Å². The van der Waals surface area contributed by atoms with Crippen LogP contribution >= 0.6 is 11.6 Å². The minimum absolute atomic E-state index is 0.188. The molecule has 3 rings (SSSR count). The lowest BCUT2D eigenvalue weighted by Gasteiger charge is -2.26. The fourth-order valence-corrected chi connectivity index (χ4v) is 5.30. The molecule has 0 saturated heterocycles. The van der Waals surface area contributed by atoms with E-state index in [1.54, 1.807) is 44.2 Å². The molecule has 1 unspecified atom stereocenters. The van der Waals surface area contributed by atoms with Gasteiger partial charge in [-0.1, -0.05) is 35.4 Å². The minimum atomic E-state index is -4.84. The molecule has 3 aromatic rings. The first kappa shape index (κ1) is 29.1. The van der Waals surface area contributed by atoms with Gasteiger partial charge in [-0.3, -0.25) is 9.10 Å². The maximum atomic E-state index is 13.5. The van der Waals surface area contributed by atoms with Gasteiger partial charge in [0, 0.05) is 0 Å². The molecule has 0 fully saturated rings. The number of nitrogens with zero attached hydrogens (tertiary/aromatic N) is 1. The lowest BCUT2D eigenvalue weighted by molar-refractivity contribution is -0.137. The van der Waals surface area contributed by atoms with Gasteiger partial charge >= 0.3 is 6.18 Å². The van der Waals surface area contributed by atoms with Crippen molar-refractivity contribution in [2.45, 2.75) is 31.0 Å². The van der Waals surface area contributed by atoms with Gasteiger partial charge in [0.05, 0.1) is 41.4 Å². The largest absolute Gasteiger partial charge is 0.493 e. The Balaban J connectivity index is 1.98. The van der Waals surface area contributed by atoms with Crippen molar-refractivity contribution in [1.82, 2.24) is 5.32 Å². The van der Waals surface area contributed by atoms with E-state index < -0.39 is 45.3 Å². The van der Waals surface area contributed by atoms with Crippen molar-refractivity contribution in [3.8, 4) is 11.5 Å². The normalized spacial score (nSPS) is 12.5. The molecule has 1 amide bonds. The van der Waals surface area contributed by atoms with Crippen LogP contribution in [0.25, 0.3) is 0 Å². The molecule has 0 aliphatic carbocycles. The summed E-state index contributed by atoms with van der Waals surface area (Å²) in [6, 6.07) is 12.8. The molecule has 0 bridgehead atoms. The molecular weight excluding hydrogens is 545 g/mol. The van der Waals surface area contributed by atoms with Crippen molar-refractivity contribution in [1.29, 1.82) is 0 Å². The van der Waals surface area contributed by atoms with Gasteiger partial charge in [-0.15, -0.1) is 0 Å². The molecule has 0 heterocycles. The number of hydrogen-bond donors (Lipinski definition) is 1. The fourth-order valence-electron chi connectivity index (χ4n) is 3.66. The van der Waals surface area contributed by atoms with E-state index >= 15 is 0 Å². The zero-order valence-electron chi connectivity index (χ0n) is 21.0. The van der Waals surface area contributed by atoms with Gasteiger partial charge in [-0.05, 0) is 61.9 Å². The van der Waals surface area contributed by atoms with E-state index in [-0.39, 0.29) is 10.6 Å². The highest BCUT2D eigenvalue weighted by atomic mass is 35.5. The van der Waals surface area contributed by atoms with Crippen molar-refractivity contribution in [2.75, 3.05) is 25.1 Å². The summed E-state index contributed by atoms with van der Waals surface area (Å²) in [4.78, 5) is 12.9. The number of aryl methyl sites for hydroxylation is 1. The molecule has 0 radical (unpaired) electrons. The quantitative estimate of drug-likeness (QED) is 0.354. The molecule has 1 atom stereocenters. The number of ether oxygens (including phenoxy) is 2. The summed E-state index contributed by atoms with van der Waals surface area (Å²) < 4.78 is 78.8. The average Bonchev–Trinajstić information content (AvgIpc) is 2.86. The van der Waals surface area contributed by atoms with Crippen LogP contribution in [-0.4, -0.2) is 35.1 Å². The average molecular weight is 571 g/mol. The first-order valence-corrected chi connectivity index (χ1v) is 13.1. The van der Waals surface area contributed by atoms with Crippen molar-refractivity contribution < 1.29 is 35.9 Å². The fraction of sp³-hybridized carbons (Fsp3) is 0.269. The Morgan fingerprint density at radius 2 is 1.63 bits per heavy atom. The smallest absolute Gasteiger partial charge is 0.417 e. The summed E-state index contributed by atoms with van der Waals surface area (Å²) in [5, 5.41) is 2.09. The summed E-state index contributed by atoms with van der Waals surface area (Å²) in [5.74, 6) is 0.162. The number of carbonyl (C=O) groups is 1. The number of halogens is 4. The van der Waals surface area contributed by atoms with E-state index in [0.29, 0.717) is 27.4 Å². The third-order valence-corrected chi connectivity index (χ3v) is 7.84. The van der Waals surface area contributed by atoms with E-state index in [4.69, 9.17) is 21.1 Å². The van der Waals surface area contributed by atoms with Gasteiger partial charge < -0.3 is 14.8 Å². The predicted octanol–water partition coefficient (Wildman–Crippen LogP) is 5.76. The van der Waals surface area contributed by atoms with Gasteiger partial charge in [-0.25, -0.2) is 8.42 Å². The van der Waals surface area contributed by atoms with Gasteiger partial charge in [0.15, 0.2) is 11.5 Å². The molecule has 204 valence electrons. The number of alkyl halides is 3. The van der Waals surface area contributed by atoms with Crippen LogP contribution < -0.4 is 19.1 Å². The number of anilines is 1. The molecule has 0 spiro atoms. The Labute approximate surface area is 224 Å². The third kappa shape index (κ3) is 6.51. The summed E-state index contributed by atoms with van der Waals surface area (Å²) >= 11 is 5.74. The van der Waals surface area contributed by atoms with Crippen LogP contribution in [0, 0.1) is 6.92 Å². The Morgan fingerprint density at radius 3 is 2.21 bits per heavy atom. The van der Waals surface area contributed by atoms with Crippen LogP contribution in [0.15, 0.2) is 65.6 Å². The number of carbonyl (C=O) groups excluding carboxylic acids is 1. The lowest BCUT2D eigenvalue weighted by atomic mass is 10.1. The molecule has 0 saturated carbocycles. The summed E-state index contributed by atoms with van der Waals surface area (Å²) in [6.07, 6.45) is -4.84. The van der Waals surface area contributed by atoms with Crippen LogP contribution in [0.2, 0.25) is 5.02 Å². The Morgan fingerprint density at radius 1 is 1.00 bits per heavy atom. The maximum Gasteiger partial charge on any atom is 0.417 e. The number of nitrogens with one attached hydrogen (secondary N) is 1. The topological polar surface area (TPSA) is 84.9 Å². The molecule has 3 aromatic carbocycles. The summed E-state index contributed by atoms with van der Waals surface area (Å²) in [6.45, 7) is 2.64. The second-order valence-corrected chi connectivity index (χ2v) is 10.7. The molecule has 12 heteroatoms. The SMILES string of the molecule is COc1ccc(C(C)NC(=O)CN(c2ccc(Cl)c(C(F)(F)F)c2)S(=O)(=O)c2ccc(C)cc2)cc1OC. The first-order valence-electron chi connectivity index (χ1n) is 11.3. The maximum absolute atomic E-state index is 13.5. The summed E-state index contributed by atoms with van der Waals surface area (Å²) in [7, 11) is -1.50. The molecule has 0 aliphatic rings. The zero-order valence-corrected chi connectivity index (χ0v) is 22.5. The first-order chi connectivity index (χ1) is 17.8. The van der Waals surface area contributed by atoms with E-state index in [1.165, 1.54) is 26.4 Å². The van der Waals surface area contributed by atoms with E-state index in [9.17, 15) is 26.4 Å². The molecule has 1 N–H and O–H groups in total. The number of amides is 1. The number of sulfonamides is 1. The van der Waals surface area contributed by atoms with Crippen LogP contribution in [0.4, 0.5) is 18.9 Å². The lowest BCUT2D eigenvalue weighted by Crippen LogP contribution is -2.41. The van der Waals surface area contributed by atoms with E-state index in [2.05, 4.69) is 5.32 Å². The van der Waals surface area contributed by atoms with Crippen LogP contribution in [0.1, 0.15) is 29.7 Å². The molecule has 0 aliphatic heterocycles. The second-order valence-electron chi connectivity index (χ2n) is 8.39. The van der Waals surface area contributed by atoms with Gasteiger partial charge in [0.1, 0.15) is 6.54 Å². The zero-order chi connectivity index (χ0) is 28.3. The summed E-state index contributed by atoms with van der Waals surface area (Å²) in [5.41, 5.74) is -0.172. The Kier molecular flexibility index (Phi) is 8.83. The van der Waals surface area contributed by atoms with Crippen molar-refractivity contribution >= 4 is 33.2 Å². The predicted molar refractivity (Wildman–Crippen MR) is 138 cm³/mol. The second kappa shape index (κ2) is 11.5. The molecule has 0 aromatic heterocycles. The molecule has 38 heavy (non-hydrogen) atoms. The van der Waals surface area contributed by atoms with Crippen molar-refractivity contribution in [3.63, 3.8) is 0 Å². The van der Waals surface area contributed by atoms with Crippen LogP contribution in [-0.2, 0) is 21.0 Å². The minimum Gasteiger partial charge on any atom is -0.493 e.